The summed E-state index contributed by atoms with van der Waals surface area (Å²) in [7, 11) is 0. The number of aromatic amines is 1. The van der Waals surface area contributed by atoms with Crippen LogP contribution in [0.3, 0.4) is 0 Å². The van der Waals surface area contributed by atoms with Gasteiger partial charge in [0, 0.05) is 49.4 Å². The molecule has 1 saturated heterocycles. The minimum Gasteiger partial charge on any atom is -0.455 e. The number of urea groups is 1. The predicted molar refractivity (Wildman–Crippen MR) is 147 cm³/mol. The number of rotatable bonds is 7. The average Bonchev–Trinajstić information content (AvgIpc) is 3.32. The second-order valence-corrected chi connectivity index (χ2v) is 10.4. The van der Waals surface area contributed by atoms with E-state index in [-0.39, 0.29) is 22.5 Å². The minimum atomic E-state index is -0.691. The molecule has 2 amide bonds. The highest BCUT2D eigenvalue weighted by Crippen LogP contribution is 2.29. The van der Waals surface area contributed by atoms with Crippen LogP contribution in [-0.4, -0.2) is 68.5 Å². The van der Waals surface area contributed by atoms with Crippen molar-refractivity contribution in [3.8, 4) is 11.5 Å². The van der Waals surface area contributed by atoms with Crippen LogP contribution >= 0.6 is 0 Å². The number of fused-ring (bicyclic) bond motifs is 1. The maximum absolute atomic E-state index is 15.0. The Labute approximate surface area is 229 Å². The van der Waals surface area contributed by atoms with Gasteiger partial charge in [-0.15, -0.1) is 0 Å². The van der Waals surface area contributed by atoms with Gasteiger partial charge in [-0.25, -0.2) is 23.8 Å². The summed E-state index contributed by atoms with van der Waals surface area (Å²) in [6, 6.07) is 6.86. The summed E-state index contributed by atoms with van der Waals surface area (Å²) >= 11 is 0. The third-order valence-corrected chi connectivity index (χ3v) is 6.38. The highest BCUT2D eigenvalue weighted by molar-refractivity contribution is 5.99. The molecular formula is C27H31FN8O4. The lowest BCUT2D eigenvalue weighted by Crippen LogP contribution is -2.38. The Morgan fingerprint density at radius 1 is 1.12 bits per heavy atom. The summed E-state index contributed by atoms with van der Waals surface area (Å²) in [5.74, 6) is 0.300. The monoisotopic (exact) mass is 550 g/mol. The number of anilines is 2. The molecule has 13 heteroatoms. The van der Waals surface area contributed by atoms with E-state index in [1.54, 1.807) is 10.7 Å². The summed E-state index contributed by atoms with van der Waals surface area (Å²) in [6.07, 6.45) is 2.56. The minimum absolute atomic E-state index is 0.0256. The van der Waals surface area contributed by atoms with E-state index in [0.717, 1.165) is 37.6 Å². The van der Waals surface area contributed by atoms with E-state index in [4.69, 9.17) is 14.6 Å². The molecule has 0 atom stereocenters. The molecule has 210 valence electrons. The molecule has 0 saturated carbocycles. The topological polar surface area (TPSA) is 139 Å². The van der Waals surface area contributed by atoms with Crippen molar-refractivity contribution in [1.82, 2.24) is 29.6 Å². The first-order valence-electron chi connectivity index (χ1n) is 12.9. The number of halogens is 1. The van der Waals surface area contributed by atoms with E-state index >= 15 is 0 Å². The lowest BCUT2D eigenvalue weighted by atomic mass is 9.92. The second kappa shape index (κ2) is 11.4. The number of pyridine rings is 1. The molecule has 40 heavy (non-hydrogen) atoms. The lowest BCUT2D eigenvalue weighted by molar-refractivity contribution is 0.0360. The summed E-state index contributed by atoms with van der Waals surface area (Å²) in [5, 5.41) is 10.1. The Morgan fingerprint density at radius 3 is 2.67 bits per heavy atom. The summed E-state index contributed by atoms with van der Waals surface area (Å²) in [6.45, 7) is 10.6. The summed E-state index contributed by atoms with van der Waals surface area (Å²) < 4.78 is 27.9. The van der Waals surface area contributed by atoms with Crippen molar-refractivity contribution < 1.29 is 18.7 Å². The molecule has 1 aromatic carbocycles. The highest BCUT2D eigenvalue weighted by Gasteiger charge is 2.22. The van der Waals surface area contributed by atoms with E-state index in [0.29, 0.717) is 36.8 Å². The van der Waals surface area contributed by atoms with Crippen LogP contribution in [0.2, 0.25) is 0 Å². The first-order chi connectivity index (χ1) is 19.2. The van der Waals surface area contributed by atoms with Crippen LogP contribution in [0, 0.1) is 5.82 Å². The van der Waals surface area contributed by atoms with Crippen LogP contribution in [0.1, 0.15) is 26.5 Å². The molecule has 4 heterocycles. The van der Waals surface area contributed by atoms with Crippen molar-refractivity contribution in [2.75, 3.05) is 43.5 Å². The maximum Gasteiger partial charge on any atom is 0.324 e. The van der Waals surface area contributed by atoms with Gasteiger partial charge in [0.05, 0.1) is 37.3 Å². The first-order valence-corrected chi connectivity index (χ1v) is 12.9. The van der Waals surface area contributed by atoms with Crippen molar-refractivity contribution in [1.29, 1.82) is 0 Å². The fraction of sp³-hybridized carbons (Fsp3) is 0.370. The Bertz CT molecular complexity index is 1570. The molecular weight excluding hydrogens is 519 g/mol. The van der Waals surface area contributed by atoms with Crippen molar-refractivity contribution in [2.45, 2.75) is 32.7 Å². The average molecular weight is 551 g/mol. The number of H-pyrrole nitrogens is 1. The quantitative estimate of drug-likeness (QED) is 0.316. The molecule has 3 N–H and O–H groups in total. The number of carbonyl (C=O) groups excluding carboxylic acids is 1. The standard InChI is InChI=1S/C27H31FN8O4/c1-27(2,3)21-15-22(36(34-21)9-8-35-10-12-39-13-11-35)32-26(38)31-19-5-4-17(14-18(19)28)40-20-6-7-29-25-24(20)30-16-23(37)33-25/h4-7,14-16H,8-13H2,1-3H3,(H,29,33,37)(H2,31,32,38). The molecule has 4 aromatic rings. The Balaban J connectivity index is 1.27. The Morgan fingerprint density at radius 2 is 1.93 bits per heavy atom. The van der Waals surface area contributed by atoms with Crippen LogP contribution < -0.4 is 20.9 Å². The summed E-state index contributed by atoms with van der Waals surface area (Å²) in [5.41, 5.74) is 0.765. The van der Waals surface area contributed by atoms with Crippen LogP contribution in [0.5, 0.6) is 11.5 Å². The van der Waals surface area contributed by atoms with Crippen molar-refractivity contribution in [3.63, 3.8) is 0 Å². The fourth-order valence-electron chi connectivity index (χ4n) is 4.18. The molecule has 0 radical (unpaired) electrons. The molecule has 5 rings (SSSR count). The van der Waals surface area contributed by atoms with Gasteiger partial charge in [-0.1, -0.05) is 20.8 Å². The normalized spacial score (nSPS) is 14.3. The van der Waals surface area contributed by atoms with E-state index in [9.17, 15) is 14.0 Å². The van der Waals surface area contributed by atoms with E-state index < -0.39 is 17.4 Å². The van der Waals surface area contributed by atoms with Gasteiger partial charge in [-0.3, -0.25) is 15.0 Å². The van der Waals surface area contributed by atoms with Gasteiger partial charge >= 0.3 is 6.03 Å². The number of hydrogen-bond acceptors (Lipinski definition) is 8. The van der Waals surface area contributed by atoms with Gasteiger partial charge in [-0.05, 0) is 12.1 Å². The Kier molecular flexibility index (Phi) is 7.76. The Hall–Kier alpha value is -4.36. The van der Waals surface area contributed by atoms with Crippen LogP contribution in [0.4, 0.5) is 20.7 Å². The number of amides is 2. The SMILES string of the molecule is CC(C)(C)c1cc(NC(=O)Nc2ccc(Oc3ccnc4[nH]c(=O)cnc34)cc2F)n(CCN2CCOCC2)n1. The molecule has 0 unspecified atom stereocenters. The zero-order valence-corrected chi connectivity index (χ0v) is 22.5. The van der Waals surface area contributed by atoms with Gasteiger partial charge in [0.15, 0.2) is 11.4 Å². The molecule has 0 bridgehead atoms. The molecule has 1 fully saturated rings. The third-order valence-electron chi connectivity index (χ3n) is 6.38. The largest absolute Gasteiger partial charge is 0.455 e. The van der Waals surface area contributed by atoms with E-state index in [1.807, 2.05) is 6.07 Å². The number of benzene rings is 1. The predicted octanol–water partition coefficient (Wildman–Crippen LogP) is 3.72. The molecule has 0 spiro atoms. The number of carbonyl (C=O) groups is 1. The van der Waals surface area contributed by atoms with Gasteiger partial charge in [0.25, 0.3) is 5.56 Å². The maximum atomic E-state index is 15.0. The van der Waals surface area contributed by atoms with Gasteiger partial charge < -0.3 is 19.8 Å². The van der Waals surface area contributed by atoms with Gasteiger partial charge in [0.1, 0.15) is 22.9 Å². The first kappa shape index (κ1) is 27.2. The van der Waals surface area contributed by atoms with E-state index in [1.165, 1.54) is 18.3 Å². The van der Waals surface area contributed by atoms with Crippen LogP contribution in [-0.2, 0) is 16.7 Å². The number of ether oxygens (including phenoxy) is 2. The molecule has 3 aromatic heterocycles. The van der Waals surface area contributed by atoms with Gasteiger partial charge in [-0.2, -0.15) is 5.10 Å². The number of nitrogens with one attached hydrogen (secondary N) is 3. The summed E-state index contributed by atoms with van der Waals surface area (Å²) in [4.78, 5) is 37.3. The molecule has 0 aliphatic carbocycles. The molecule has 12 nitrogen and oxygen atoms in total. The second-order valence-electron chi connectivity index (χ2n) is 10.4. The number of hydrogen-bond donors (Lipinski definition) is 3. The van der Waals surface area contributed by atoms with E-state index in [2.05, 4.69) is 51.3 Å². The lowest BCUT2D eigenvalue weighted by Gasteiger charge is -2.26. The third kappa shape index (κ3) is 6.43. The molecule has 1 aliphatic heterocycles. The zero-order chi connectivity index (χ0) is 28.3. The number of morpholine rings is 1. The van der Waals surface area contributed by atoms with Crippen molar-refractivity contribution in [3.05, 3.63) is 64.6 Å². The van der Waals surface area contributed by atoms with Gasteiger partial charge in [0.2, 0.25) is 0 Å². The van der Waals surface area contributed by atoms with Crippen LogP contribution in [0.25, 0.3) is 11.2 Å². The van der Waals surface area contributed by atoms with Crippen molar-refractivity contribution >= 4 is 28.7 Å². The zero-order valence-electron chi connectivity index (χ0n) is 22.5. The molecule has 1 aliphatic rings. The highest BCUT2D eigenvalue weighted by atomic mass is 19.1. The fourth-order valence-corrected chi connectivity index (χ4v) is 4.18. The number of aromatic nitrogens is 5. The van der Waals surface area contributed by atoms with Crippen molar-refractivity contribution in [2.24, 2.45) is 0 Å². The van der Waals surface area contributed by atoms with Crippen LogP contribution in [0.15, 0.2) is 47.5 Å². The number of nitrogens with zero attached hydrogens (tertiary/aromatic N) is 5. The smallest absolute Gasteiger partial charge is 0.324 e.